The molecule has 0 aromatic carbocycles. The van der Waals surface area contributed by atoms with E-state index in [0.29, 0.717) is 13.0 Å². The highest BCUT2D eigenvalue weighted by molar-refractivity contribution is 5.29. The zero-order chi connectivity index (χ0) is 11.9. The van der Waals surface area contributed by atoms with Crippen molar-refractivity contribution >= 4 is 0 Å². The number of hydrogen-bond acceptors (Lipinski definition) is 5. The van der Waals surface area contributed by atoms with Crippen LogP contribution in [0, 0.1) is 11.3 Å². The van der Waals surface area contributed by atoms with E-state index in [4.69, 9.17) is 10.00 Å². The van der Waals surface area contributed by atoms with Crippen LogP contribution in [-0.2, 0) is 6.42 Å². The third-order valence-corrected chi connectivity index (χ3v) is 2.09. The van der Waals surface area contributed by atoms with Gasteiger partial charge in [0.25, 0.3) is 5.88 Å². The van der Waals surface area contributed by atoms with Crippen LogP contribution in [0.1, 0.15) is 11.4 Å². The van der Waals surface area contributed by atoms with Crippen LogP contribution in [0.2, 0.25) is 0 Å². The summed E-state index contributed by atoms with van der Waals surface area (Å²) in [7, 11) is 0. The molecule has 0 aliphatic rings. The van der Waals surface area contributed by atoms with Gasteiger partial charge in [-0.2, -0.15) is 5.26 Å². The fraction of sp³-hybridized carbons (Fsp3) is 0.167. The molecule has 0 aliphatic carbocycles. The first-order valence-electron chi connectivity index (χ1n) is 5.14. The lowest BCUT2D eigenvalue weighted by molar-refractivity contribution is 0.305. The molecule has 0 fully saturated rings. The molecule has 0 spiro atoms. The van der Waals surface area contributed by atoms with Gasteiger partial charge < -0.3 is 4.74 Å². The predicted molar refractivity (Wildman–Crippen MR) is 60.2 cm³/mol. The van der Waals surface area contributed by atoms with Crippen molar-refractivity contribution in [3.63, 3.8) is 0 Å². The van der Waals surface area contributed by atoms with Gasteiger partial charge in [-0.25, -0.2) is 9.97 Å². The van der Waals surface area contributed by atoms with Crippen molar-refractivity contribution in [2.24, 2.45) is 0 Å². The average Bonchev–Trinajstić information content (AvgIpc) is 2.40. The van der Waals surface area contributed by atoms with Gasteiger partial charge in [-0.15, -0.1) is 0 Å². The molecule has 2 rings (SSSR count). The maximum Gasteiger partial charge on any atom is 0.251 e. The monoisotopic (exact) mass is 226 g/mol. The summed E-state index contributed by atoms with van der Waals surface area (Å²) in [5.74, 6) is 0.269. The van der Waals surface area contributed by atoms with E-state index in [1.807, 2.05) is 24.3 Å². The highest BCUT2D eigenvalue weighted by Gasteiger charge is 2.04. The highest BCUT2D eigenvalue weighted by atomic mass is 16.5. The van der Waals surface area contributed by atoms with Gasteiger partial charge in [-0.05, 0) is 12.1 Å². The Morgan fingerprint density at radius 1 is 1.12 bits per heavy atom. The first-order chi connectivity index (χ1) is 8.40. The van der Waals surface area contributed by atoms with Crippen molar-refractivity contribution < 1.29 is 4.74 Å². The Hall–Kier alpha value is -2.48. The van der Waals surface area contributed by atoms with Gasteiger partial charge in [-0.1, -0.05) is 6.07 Å². The Morgan fingerprint density at radius 3 is 2.76 bits per heavy atom. The van der Waals surface area contributed by atoms with Crippen molar-refractivity contribution in [1.29, 1.82) is 5.26 Å². The maximum atomic E-state index is 8.79. The molecule has 0 saturated heterocycles. The summed E-state index contributed by atoms with van der Waals surface area (Å²) in [4.78, 5) is 12.0. The van der Waals surface area contributed by atoms with Gasteiger partial charge >= 0.3 is 0 Å². The van der Waals surface area contributed by atoms with Crippen molar-refractivity contribution in [3.05, 3.63) is 48.2 Å². The summed E-state index contributed by atoms with van der Waals surface area (Å²) in [6, 6.07) is 7.64. The van der Waals surface area contributed by atoms with Gasteiger partial charge in [0.2, 0.25) is 5.69 Å². The Labute approximate surface area is 98.7 Å². The van der Waals surface area contributed by atoms with E-state index in [1.165, 1.54) is 12.4 Å². The third-order valence-electron chi connectivity index (χ3n) is 2.09. The third kappa shape index (κ3) is 2.98. The first-order valence-corrected chi connectivity index (χ1v) is 5.14. The van der Waals surface area contributed by atoms with E-state index in [9.17, 15) is 0 Å². The molecule has 2 aromatic heterocycles. The second-order valence-electron chi connectivity index (χ2n) is 3.24. The van der Waals surface area contributed by atoms with Crippen LogP contribution in [-0.4, -0.2) is 21.6 Å². The number of nitriles is 1. The van der Waals surface area contributed by atoms with E-state index in [-0.39, 0.29) is 11.6 Å². The summed E-state index contributed by atoms with van der Waals surface area (Å²) in [5.41, 5.74) is 1.14. The van der Waals surface area contributed by atoms with Gasteiger partial charge in [0.15, 0.2) is 0 Å². The van der Waals surface area contributed by atoms with E-state index in [1.54, 1.807) is 6.20 Å². The number of aromatic nitrogens is 3. The predicted octanol–water partition coefficient (Wildman–Crippen LogP) is 1.36. The molecule has 0 radical (unpaired) electrons. The van der Waals surface area contributed by atoms with Crippen LogP contribution < -0.4 is 4.74 Å². The standard InChI is InChI=1S/C12H10N4O/c13-9-11-12(16-7-6-15-11)17-8-4-10-3-1-2-5-14-10/h1-3,5-7H,4,8H2. The molecule has 0 bridgehead atoms. The Balaban J connectivity index is 1.93. The fourth-order valence-electron chi connectivity index (χ4n) is 1.31. The largest absolute Gasteiger partial charge is 0.475 e. The molecule has 17 heavy (non-hydrogen) atoms. The summed E-state index contributed by atoms with van der Waals surface area (Å²) in [6.45, 7) is 0.421. The van der Waals surface area contributed by atoms with Crippen LogP contribution in [0.3, 0.4) is 0 Å². The zero-order valence-electron chi connectivity index (χ0n) is 9.08. The molecule has 2 aromatic rings. The Morgan fingerprint density at radius 2 is 2.00 bits per heavy atom. The normalized spacial score (nSPS) is 9.59. The number of pyridine rings is 1. The SMILES string of the molecule is N#Cc1nccnc1OCCc1ccccn1. The quantitative estimate of drug-likeness (QED) is 0.787. The smallest absolute Gasteiger partial charge is 0.251 e. The van der Waals surface area contributed by atoms with Gasteiger partial charge in [0.1, 0.15) is 6.07 Å². The lowest BCUT2D eigenvalue weighted by Gasteiger charge is -2.04. The zero-order valence-corrected chi connectivity index (χ0v) is 9.08. The van der Waals surface area contributed by atoms with Crippen molar-refractivity contribution in [2.45, 2.75) is 6.42 Å². The lowest BCUT2D eigenvalue weighted by atomic mass is 10.3. The minimum Gasteiger partial charge on any atom is -0.475 e. The number of rotatable bonds is 4. The van der Waals surface area contributed by atoms with E-state index < -0.39 is 0 Å². The average molecular weight is 226 g/mol. The molecular weight excluding hydrogens is 216 g/mol. The van der Waals surface area contributed by atoms with E-state index >= 15 is 0 Å². The summed E-state index contributed by atoms with van der Waals surface area (Å²) >= 11 is 0. The molecule has 5 heteroatoms. The fourth-order valence-corrected chi connectivity index (χ4v) is 1.31. The van der Waals surface area contributed by atoms with Gasteiger partial charge in [-0.3, -0.25) is 4.98 Å². The minimum absolute atomic E-state index is 0.202. The van der Waals surface area contributed by atoms with Crippen molar-refractivity contribution in [1.82, 2.24) is 15.0 Å². The van der Waals surface area contributed by atoms with Crippen LogP contribution in [0.25, 0.3) is 0 Å². The molecule has 0 N–H and O–H groups in total. The van der Waals surface area contributed by atoms with Crippen LogP contribution in [0.5, 0.6) is 5.88 Å². The lowest BCUT2D eigenvalue weighted by Crippen LogP contribution is -2.05. The number of nitrogens with zero attached hydrogens (tertiary/aromatic N) is 4. The number of hydrogen-bond donors (Lipinski definition) is 0. The van der Waals surface area contributed by atoms with Gasteiger partial charge in [0.05, 0.1) is 6.61 Å². The molecule has 0 amide bonds. The summed E-state index contributed by atoms with van der Waals surface area (Å²) in [6.07, 6.45) is 5.36. The maximum absolute atomic E-state index is 8.79. The molecular formula is C12H10N4O. The highest BCUT2D eigenvalue weighted by Crippen LogP contribution is 2.09. The van der Waals surface area contributed by atoms with Crippen LogP contribution in [0.4, 0.5) is 0 Å². The summed E-state index contributed by atoms with van der Waals surface area (Å²) in [5, 5.41) is 8.79. The molecule has 0 saturated carbocycles. The van der Waals surface area contributed by atoms with E-state index in [0.717, 1.165) is 5.69 Å². The van der Waals surface area contributed by atoms with Crippen LogP contribution in [0.15, 0.2) is 36.8 Å². The van der Waals surface area contributed by atoms with Gasteiger partial charge in [0, 0.05) is 30.7 Å². The molecule has 5 nitrogen and oxygen atoms in total. The molecule has 0 atom stereocenters. The second kappa shape index (κ2) is 5.56. The van der Waals surface area contributed by atoms with Crippen molar-refractivity contribution in [2.75, 3.05) is 6.61 Å². The molecule has 84 valence electrons. The Kier molecular flexibility index (Phi) is 3.61. The first kappa shape index (κ1) is 11.0. The topological polar surface area (TPSA) is 71.7 Å². The minimum atomic E-state index is 0.202. The van der Waals surface area contributed by atoms with Crippen LogP contribution >= 0.6 is 0 Å². The number of ether oxygens (including phenoxy) is 1. The second-order valence-corrected chi connectivity index (χ2v) is 3.24. The van der Waals surface area contributed by atoms with Crippen molar-refractivity contribution in [3.8, 4) is 11.9 Å². The van der Waals surface area contributed by atoms with E-state index in [2.05, 4.69) is 15.0 Å². The summed E-state index contributed by atoms with van der Waals surface area (Å²) < 4.78 is 5.40. The molecule has 0 unspecified atom stereocenters. The molecule has 0 aliphatic heterocycles. The molecule has 2 heterocycles. The Bertz CT molecular complexity index is 522.